The van der Waals surface area contributed by atoms with Crippen molar-refractivity contribution >= 4 is 44.3 Å². The maximum Gasteiger partial charge on any atom is 0.258 e. The van der Waals surface area contributed by atoms with Crippen LogP contribution < -0.4 is 5.56 Å². The summed E-state index contributed by atoms with van der Waals surface area (Å²) in [5, 5.41) is 0.441. The fourth-order valence-corrected chi connectivity index (χ4v) is 2.83. The summed E-state index contributed by atoms with van der Waals surface area (Å²) in [5.74, 6) is 0. The van der Waals surface area contributed by atoms with Crippen molar-refractivity contribution in [3.8, 4) is 0 Å². The summed E-state index contributed by atoms with van der Waals surface area (Å²) in [6, 6.07) is 13.2. The normalized spacial score (nSPS) is 11.9. The highest BCUT2D eigenvalue weighted by molar-refractivity contribution is 9.10. The predicted molar refractivity (Wildman–Crippen MR) is 98.7 cm³/mol. The van der Waals surface area contributed by atoms with Crippen LogP contribution >= 0.6 is 27.5 Å². The van der Waals surface area contributed by atoms with E-state index in [1.807, 2.05) is 24.3 Å². The minimum Gasteiger partial charge on any atom is -0.269 e. The number of fused-ring (bicyclic) bond motifs is 1. The molecule has 5 heteroatoms. The highest BCUT2D eigenvalue weighted by atomic mass is 79.9. The van der Waals surface area contributed by atoms with Gasteiger partial charge in [-0.25, -0.2) is 4.98 Å². The van der Waals surface area contributed by atoms with Crippen LogP contribution in [-0.2, 0) is 6.42 Å². The van der Waals surface area contributed by atoms with Gasteiger partial charge < -0.3 is 0 Å². The zero-order valence-corrected chi connectivity index (χ0v) is 14.8. The van der Waals surface area contributed by atoms with Gasteiger partial charge in [0.1, 0.15) is 5.65 Å². The minimum atomic E-state index is -0.167. The van der Waals surface area contributed by atoms with Gasteiger partial charge in [0.15, 0.2) is 0 Å². The fourth-order valence-electron chi connectivity index (χ4n) is 2.27. The Bertz CT molecular complexity index is 945. The summed E-state index contributed by atoms with van der Waals surface area (Å²) in [7, 11) is 0. The summed E-state index contributed by atoms with van der Waals surface area (Å²) in [4.78, 5) is 16.7. The second kappa shape index (κ2) is 6.69. The zero-order chi connectivity index (χ0) is 16.4. The molecule has 0 spiro atoms. The van der Waals surface area contributed by atoms with Crippen molar-refractivity contribution in [3.63, 3.8) is 0 Å². The molecule has 0 atom stereocenters. The third kappa shape index (κ3) is 3.54. The van der Waals surface area contributed by atoms with Crippen LogP contribution in [0.4, 0.5) is 0 Å². The maximum absolute atomic E-state index is 12.2. The molecule has 3 aromatic rings. The average Bonchev–Trinajstić information content (AvgIpc) is 2.56. The van der Waals surface area contributed by atoms with E-state index in [2.05, 4.69) is 40.0 Å². The summed E-state index contributed by atoms with van der Waals surface area (Å²) >= 11 is 9.70. The van der Waals surface area contributed by atoms with Crippen molar-refractivity contribution < 1.29 is 0 Å². The molecule has 0 bridgehead atoms. The molecule has 1 aromatic carbocycles. The quantitative estimate of drug-likeness (QED) is 0.647. The molecule has 23 heavy (non-hydrogen) atoms. The molecule has 0 fully saturated rings. The summed E-state index contributed by atoms with van der Waals surface area (Å²) in [5.41, 5.74) is 3.11. The molecule has 0 saturated carbocycles. The van der Waals surface area contributed by atoms with Gasteiger partial charge in [0.2, 0.25) is 0 Å². The molecule has 116 valence electrons. The molecular weight excluding hydrogens is 376 g/mol. The summed E-state index contributed by atoms with van der Waals surface area (Å²) < 4.78 is 2.30. The minimum absolute atomic E-state index is 0.167. The third-order valence-electron chi connectivity index (χ3n) is 3.55. The molecule has 2 aromatic heterocycles. The van der Waals surface area contributed by atoms with Crippen LogP contribution in [0.5, 0.6) is 0 Å². The SMILES string of the molecule is CCc1ccc(/C=C(\Cl)c2cc(=O)n3cc(Br)ccc3n2)cc1. The Morgan fingerprint density at radius 1 is 1.26 bits per heavy atom. The van der Waals surface area contributed by atoms with Gasteiger partial charge in [-0.05, 0) is 51.7 Å². The van der Waals surface area contributed by atoms with Gasteiger partial charge in [0.05, 0.1) is 10.7 Å². The number of aromatic nitrogens is 2. The second-order valence-corrected chi connectivity index (χ2v) is 6.47. The van der Waals surface area contributed by atoms with Crippen LogP contribution in [0.25, 0.3) is 16.8 Å². The lowest BCUT2D eigenvalue weighted by Gasteiger charge is -2.04. The lowest BCUT2D eigenvalue weighted by Crippen LogP contribution is -2.14. The zero-order valence-electron chi connectivity index (χ0n) is 12.5. The van der Waals surface area contributed by atoms with Crippen molar-refractivity contribution in [3.05, 3.63) is 80.3 Å². The molecule has 0 unspecified atom stereocenters. The smallest absolute Gasteiger partial charge is 0.258 e. The summed E-state index contributed by atoms with van der Waals surface area (Å²) in [6.07, 6.45) is 4.50. The van der Waals surface area contributed by atoms with Gasteiger partial charge in [0.25, 0.3) is 5.56 Å². The molecule has 2 heterocycles. The Labute approximate surface area is 147 Å². The van der Waals surface area contributed by atoms with Crippen molar-refractivity contribution in [1.29, 1.82) is 0 Å². The lowest BCUT2D eigenvalue weighted by molar-refractivity contribution is 1.03. The van der Waals surface area contributed by atoms with Gasteiger partial charge in [-0.1, -0.05) is 42.8 Å². The van der Waals surface area contributed by atoms with E-state index in [1.165, 1.54) is 16.0 Å². The molecule has 0 radical (unpaired) electrons. The topological polar surface area (TPSA) is 34.4 Å². The van der Waals surface area contributed by atoms with E-state index < -0.39 is 0 Å². The molecule has 3 nitrogen and oxygen atoms in total. The van der Waals surface area contributed by atoms with Gasteiger partial charge in [-0.2, -0.15) is 0 Å². The monoisotopic (exact) mass is 388 g/mol. The predicted octanol–water partition coefficient (Wildman–Crippen LogP) is 4.76. The van der Waals surface area contributed by atoms with Crippen molar-refractivity contribution in [1.82, 2.24) is 9.38 Å². The molecule has 0 saturated heterocycles. The first-order valence-electron chi connectivity index (χ1n) is 7.22. The molecule has 0 aliphatic rings. The molecule has 3 rings (SSSR count). The van der Waals surface area contributed by atoms with E-state index in [0.717, 1.165) is 16.5 Å². The van der Waals surface area contributed by atoms with Gasteiger partial charge in [0, 0.05) is 16.7 Å². The number of aryl methyl sites for hydroxylation is 1. The fraction of sp³-hybridized carbons (Fsp3) is 0.111. The average molecular weight is 390 g/mol. The first-order chi connectivity index (χ1) is 11.1. The van der Waals surface area contributed by atoms with E-state index in [0.29, 0.717) is 16.4 Å². The maximum atomic E-state index is 12.2. The van der Waals surface area contributed by atoms with E-state index >= 15 is 0 Å². The van der Waals surface area contributed by atoms with Crippen LogP contribution in [0.3, 0.4) is 0 Å². The lowest BCUT2D eigenvalue weighted by atomic mass is 10.1. The molecule has 0 aliphatic heterocycles. The number of nitrogens with zero attached hydrogens (tertiary/aromatic N) is 2. The van der Waals surface area contributed by atoms with E-state index in [1.54, 1.807) is 12.3 Å². The van der Waals surface area contributed by atoms with E-state index in [-0.39, 0.29) is 5.56 Å². The number of pyridine rings is 1. The largest absolute Gasteiger partial charge is 0.269 e. The first-order valence-corrected chi connectivity index (χ1v) is 8.39. The molecule has 0 N–H and O–H groups in total. The molecular formula is C18H14BrClN2O. The van der Waals surface area contributed by atoms with Gasteiger partial charge in [-0.3, -0.25) is 9.20 Å². The second-order valence-electron chi connectivity index (χ2n) is 5.14. The van der Waals surface area contributed by atoms with Crippen LogP contribution in [-0.4, -0.2) is 9.38 Å². The number of hydrogen-bond acceptors (Lipinski definition) is 2. The van der Waals surface area contributed by atoms with Crippen LogP contribution in [0.15, 0.2) is 57.9 Å². The Kier molecular flexibility index (Phi) is 4.64. The Morgan fingerprint density at radius 3 is 2.70 bits per heavy atom. The number of hydrogen-bond donors (Lipinski definition) is 0. The Balaban J connectivity index is 2.02. The van der Waals surface area contributed by atoms with Crippen LogP contribution in [0.1, 0.15) is 23.7 Å². The number of benzene rings is 1. The Hall–Kier alpha value is -1.91. The third-order valence-corrected chi connectivity index (χ3v) is 4.32. The van der Waals surface area contributed by atoms with Crippen molar-refractivity contribution in [2.75, 3.05) is 0 Å². The highest BCUT2D eigenvalue weighted by Gasteiger charge is 2.06. The van der Waals surface area contributed by atoms with Crippen molar-refractivity contribution in [2.45, 2.75) is 13.3 Å². The molecule has 0 aliphatic carbocycles. The molecule has 0 amide bonds. The Morgan fingerprint density at radius 2 is 2.00 bits per heavy atom. The highest BCUT2D eigenvalue weighted by Crippen LogP contribution is 2.21. The summed E-state index contributed by atoms with van der Waals surface area (Å²) in [6.45, 7) is 2.11. The van der Waals surface area contributed by atoms with E-state index in [9.17, 15) is 4.79 Å². The first kappa shape index (κ1) is 16.0. The van der Waals surface area contributed by atoms with Gasteiger partial charge in [-0.15, -0.1) is 0 Å². The van der Waals surface area contributed by atoms with Crippen LogP contribution in [0, 0.1) is 0 Å². The van der Waals surface area contributed by atoms with E-state index in [4.69, 9.17) is 11.6 Å². The van der Waals surface area contributed by atoms with Crippen LogP contribution in [0.2, 0.25) is 0 Å². The standard InChI is InChI=1S/C18H14BrClN2O/c1-2-12-3-5-13(6-4-12)9-15(20)16-10-18(23)22-11-14(19)7-8-17(22)21-16/h3-11H,2H2,1H3/b15-9-. The number of rotatable bonds is 3. The van der Waals surface area contributed by atoms with Gasteiger partial charge >= 0.3 is 0 Å². The van der Waals surface area contributed by atoms with Crippen molar-refractivity contribution in [2.24, 2.45) is 0 Å². The number of halogens is 2.